The van der Waals surface area contributed by atoms with Crippen LogP contribution < -0.4 is 0 Å². The van der Waals surface area contributed by atoms with E-state index in [1.165, 1.54) is 4.31 Å². The van der Waals surface area contributed by atoms with Gasteiger partial charge < -0.3 is 0 Å². The molecule has 2 aromatic rings. The van der Waals surface area contributed by atoms with Crippen molar-refractivity contribution in [2.75, 3.05) is 7.05 Å². The zero-order valence-electron chi connectivity index (χ0n) is 11.0. The van der Waals surface area contributed by atoms with Crippen LogP contribution in [0.4, 0.5) is 0 Å². The largest absolute Gasteiger partial charge is 0.243 e. The van der Waals surface area contributed by atoms with Crippen LogP contribution in [0.1, 0.15) is 11.1 Å². The highest BCUT2D eigenvalue weighted by Gasteiger charge is 2.20. The van der Waals surface area contributed by atoms with Crippen molar-refractivity contribution in [1.29, 1.82) is 5.26 Å². The maximum absolute atomic E-state index is 12.4. The molecule has 6 heteroatoms. The normalized spacial score (nSPS) is 11.4. The first-order valence-electron chi connectivity index (χ1n) is 5.97. The quantitative estimate of drug-likeness (QED) is 0.853. The molecule has 1 heterocycles. The Morgan fingerprint density at radius 2 is 1.90 bits per heavy atom. The van der Waals surface area contributed by atoms with E-state index in [1.54, 1.807) is 42.6 Å². The number of rotatable bonds is 5. The van der Waals surface area contributed by atoms with Crippen LogP contribution in [0.5, 0.6) is 0 Å². The molecule has 2 rings (SSSR count). The minimum Gasteiger partial charge on any atom is -0.207 e. The molecule has 1 aromatic heterocycles. The van der Waals surface area contributed by atoms with Crippen molar-refractivity contribution >= 4 is 21.4 Å². The van der Waals surface area contributed by atoms with E-state index in [9.17, 15) is 8.42 Å². The number of hydrogen-bond acceptors (Lipinski definition) is 4. The molecule has 0 aliphatic carbocycles. The van der Waals surface area contributed by atoms with Crippen LogP contribution in [0.2, 0.25) is 0 Å². The van der Waals surface area contributed by atoms with Gasteiger partial charge in [-0.25, -0.2) is 8.42 Å². The summed E-state index contributed by atoms with van der Waals surface area (Å²) in [5, 5.41) is 12.5. The van der Waals surface area contributed by atoms with E-state index in [1.807, 2.05) is 22.9 Å². The lowest BCUT2D eigenvalue weighted by Crippen LogP contribution is -2.26. The molecule has 20 heavy (non-hydrogen) atoms. The van der Waals surface area contributed by atoms with Crippen LogP contribution in [0, 0.1) is 11.3 Å². The summed E-state index contributed by atoms with van der Waals surface area (Å²) in [6.07, 6.45) is 0.283. The highest BCUT2D eigenvalue weighted by molar-refractivity contribution is 7.89. The molecule has 104 valence electrons. The van der Waals surface area contributed by atoms with Gasteiger partial charge in [-0.05, 0) is 40.1 Å². The van der Waals surface area contributed by atoms with Gasteiger partial charge in [-0.3, -0.25) is 0 Å². The highest BCUT2D eigenvalue weighted by Crippen LogP contribution is 2.18. The first-order chi connectivity index (χ1) is 9.54. The average molecular weight is 306 g/mol. The summed E-state index contributed by atoms with van der Waals surface area (Å²) in [4.78, 5) is 0.247. The van der Waals surface area contributed by atoms with Crippen molar-refractivity contribution in [2.24, 2.45) is 0 Å². The Labute approximate surface area is 123 Å². The Morgan fingerprint density at radius 1 is 1.20 bits per heavy atom. The van der Waals surface area contributed by atoms with Gasteiger partial charge in [0.2, 0.25) is 10.0 Å². The van der Waals surface area contributed by atoms with Crippen LogP contribution in [0.3, 0.4) is 0 Å². The van der Waals surface area contributed by atoms with E-state index < -0.39 is 10.0 Å². The Morgan fingerprint density at radius 3 is 2.45 bits per heavy atom. The monoisotopic (exact) mass is 306 g/mol. The summed E-state index contributed by atoms with van der Waals surface area (Å²) in [7, 11) is -1.93. The van der Waals surface area contributed by atoms with Crippen molar-refractivity contribution in [3.8, 4) is 6.07 Å². The molecule has 0 fully saturated rings. The third kappa shape index (κ3) is 3.25. The maximum Gasteiger partial charge on any atom is 0.243 e. The molecular formula is C14H14N2O2S2. The van der Waals surface area contributed by atoms with Gasteiger partial charge in [0.25, 0.3) is 0 Å². The molecule has 1 aromatic carbocycles. The van der Waals surface area contributed by atoms with E-state index in [0.29, 0.717) is 6.54 Å². The number of thiophene rings is 1. The van der Waals surface area contributed by atoms with Crippen LogP contribution >= 0.6 is 11.3 Å². The summed E-state index contributed by atoms with van der Waals surface area (Å²) in [5.41, 5.74) is 1.79. The predicted molar refractivity (Wildman–Crippen MR) is 78.7 cm³/mol. The lowest BCUT2D eigenvalue weighted by Gasteiger charge is -2.16. The maximum atomic E-state index is 12.4. The van der Waals surface area contributed by atoms with Crippen molar-refractivity contribution in [3.05, 3.63) is 52.2 Å². The van der Waals surface area contributed by atoms with Crippen molar-refractivity contribution < 1.29 is 8.42 Å². The van der Waals surface area contributed by atoms with E-state index in [0.717, 1.165) is 11.1 Å². The Kier molecular flexibility index (Phi) is 4.55. The predicted octanol–water partition coefficient (Wildman–Crippen LogP) is 2.63. The van der Waals surface area contributed by atoms with Crippen LogP contribution in [-0.2, 0) is 23.0 Å². The first-order valence-corrected chi connectivity index (χ1v) is 8.35. The number of nitrogens with zero attached hydrogens (tertiary/aromatic N) is 2. The van der Waals surface area contributed by atoms with E-state index in [4.69, 9.17) is 5.26 Å². The highest BCUT2D eigenvalue weighted by atomic mass is 32.2. The molecule has 0 saturated carbocycles. The van der Waals surface area contributed by atoms with Gasteiger partial charge >= 0.3 is 0 Å². The zero-order valence-corrected chi connectivity index (χ0v) is 12.6. The second-order valence-electron chi connectivity index (χ2n) is 4.37. The van der Waals surface area contributed by atoms with Crippen molar-refractivity contribution in [2.45, 2.75) is 17.9 Å². The van der Waals surface area contributed by atoms with Crippen LogP contribution in [0.15, 0.2) is 46.0 Å². The molecule has 0 aliphatic heterocycles. The van der Waals surface area contributed by atoms with Gasteiger partial charge in [0.05, 0.1) is 17.4 Å². The second kappa shape index (κ2) is 6.18. The van der Waals surface area contributed by atoms with E-state index >= 15 is 0 Å². The minimum absolute atomic E-state index is 0.247. The zero-order chi connectivity index (χ0) is 14.6. The van der Waals surface area contributed by atoms with Gasteiger partial charge in [0.15, 0.2) is 0 Å². The first kappa shape index (κ1) is 14.7. The van der Waals surface area contributed by atoms with Gasteiger partial charge in [-0.1, -0.05) is 12.1 Å². The molecular weight excluding hydrogens is 292 g/mol. The van der Waals surface area contributed by atoms with E-state index in [-0.39, 0.29) is 11.3 Å². The molecule has 0 aliphatic rings. The molecule has 0 bridgehead atoms. The molecule has 4 nitrogen and oxygen atoms in total. The third-order valence-corrected chi connectivity index (χ3v) is 5.45. The standard InChI is InChI=1S/C14H14N2O2S2/c1-16(10-13-7-9-19-11-13)20(17,18)14-4-2-12(3-5-14)6-8-15/h2-5,7,9,11H,6,10H2,1H3. The fourth-order valence-electron chi connectivity index (χ4n) is 1.78. The lowest BCUT2D eigenvalue weighted by atomic mass is 10.2. The van der Waals surface area contributed by atoms with Crippen LogP contribution in [0.25, 0.3) is 0 Å². The molecule has 0 amide bonds. The molecule has 0 saturated heterocycles. The van der Waals surface area contributed by atoms with Gasteiger partial charge in [0, 0.05) is 13.6 Å². The molecule has 0 radical (unpaired) electrons. The van der Waals surface area contributed by atoms with Crippen LogP contribution in [-0.4, -0.2) is 19.8 Å². The summed E-state index contributed by atoms with van der Waals surface area (Å²) in [5.74, 6) is 0. The summed E-state index contributed by atoms with van der Waals surface area (Å²) in [6.45, 7) is 0.353. The van der Waals surface area contributed by atoms with Gasteiger partial charge in [-0.15, -0.1) is 0 Å². The summed E-state index contributed by atoms with van der Waals surface area (Å²) in [6, 6.07) is 10.4. The summed E-state index contributed by atoms with van der Waals surface area (Å²) >= 11 is 1.54. The van der Waals surface area contributed by atoms with E-state index in [2.05, 4.69) is 0 Å². The van der Waals surface area contributed by atoms with Gasteiger partial charge in [0.1, 0.15) is 0 Å². The molecule has 0 N–H and O–H groups in total. The molecule has 0 atom stereocenters. The van der Waals surface area contributed by atoms with Crippen molar-refractivity contribution in [3.63, 3.8) is 0 Å². The topological polar surface area (TPSA) is 61.2 Å². The molecule has 0 unspecified atom stereocenters. The van der Waals surface area contributed by atoms with Gasteiger partial charge in [-0.2, -0.15) is 20.9 Å². The smallest absolute Gasteiger partial charge is 0.207 e. The second-order valence-corrected chi connectivity index (χ2v) is 7.20. The number of nitriles is 1. The molecule has 0 spiro atoms. The fourth-order valence-corrected chi connectivity index (χ4v) is 3.59. The van der Waals surface area contributed by atoms with Crippen molar-refractivity contribution in [1.82, 2.24) is 4.31 Å². The number of hydrogen-bond donors (Lipinski definition) is 0. The SMILES string of the molecule is CN(Cc1ccsc1)S(=O)(=O)c1ccc(CC#N)cc1. The third-order valence-electron chi connectivity index (χ3n) is 2.90. The lowest BCUT2D eigenvalue weighted by molar-refractivity contribution is 0.467. The Balaban J connectivity index is 2.19. The minimum atomic E-state index is -3.49. The Bertz CT molecular complexity index is 699. The fraction of sp³-hybridized carbons (Fsp3) is 0.214. The average Bonchev–Trinajstić information content (AvgIpc) is 2.92. The summed E-state index contributed by atoms with van der Waals surface area (Å²) < 4.78 is 26.1. The number of benzene rings is 1. The number of sulfonamides is 1. The Hall–Kier alpha value is -1.68.